The van der Waals surface area contributed by atoms with E-state index in [-0.39, 0.29) is 12.4 Å². The van der Waals surface area contributed by atoms with Crippen molar-refractivity contribution in [3.8, 4) is 0 Å². The van der Waals surface area contributed by atoms with E-state index in [0.29, 0.717) is 0 Å². The molecule has 8 nitrogen and oxygen atoms in total. The van der Waals surface area contributed by atoms with Crippen LogP contribution in [0.4, 0.5) is 5.82 Å². The van der Waals surface area contributed by atoms with E-state index < -0.39 is 46.9 Å². The highest BCUT2D eigenvalue weighted by Crippen LogP contribution is 2.34. The molecule has 2 rings (SSSR count). The third-order valence-corrected chi connectivity index (χ3v) is 10.5. The van der Waals surface area contributed by atoms with E-state index in [1.54, 1.807) is 0 Å². The second kappa shape index (κ2) is 8.54. The van der Waals surface area contributed by atoms with Gasteiger partial charge in [0.15, 0.2) is 22.9 Å². The summed E-state index contributed by atoms with van der Waals surface area (Å²) in [6, 6.07) is 3.39. The summed E-state index contributed by atoms with van der Waals surface area (Å²) in [4.78, 5) is 16.1. The molecule has 4 atom stereocenters. The molecular formula is C17H33N3O5Si2. The van der Waals surface area contributed by atoms with Crippen LogP contribution in [-0.2, 0) is 13.6 Å². The van der Waals surface area contributed by atoms with Crippen molar-refractivity contribution < 1.29 is 18.7 Å². The third kappa shape index (κ3) is 5.49. The van der Waals surface area contributed by atoms with Crippen LogP contribution in [-0.4, -0.2) is 56.2 Å². The van der Waals surface area contributed by atoms with Crippen LogP contribution in [0.25, 0.3) is 0 Å². The average molecular weight is 416 g/mol. The largest absolute Gasteiger partial charge is 0.415 e. The maximum Gasteiger partial charge on any atom is 0.351 e. The van der Waals surface area contributed by atoms with E-state index in [1.165, 1.54) is 16.8 Å². The smallest absolute Gasteiger partial charge is 0.351 e. The molecule has 1 saturated heterocycles. The molecule has 1 aromatic heterocycles. The fourth-order valence-corrected chi connectivity index (χ4v) is 4.67. The standard InChI is InChI=1S/C17H33N3O5Si2/c1-7-26(3,4)23-11-12-14(21)15(25-27(5,6)8-2)16(24-12)20-10-9-13(18)19-17(20)22/h9-10,12,14-16,21H,7-8,11H2,1-6H3,(H2,18,19,22). The molecule has 0 bridgehead atoms. The molecule has 0 radical (unpaired) electrons. The number of nitrogens with two attached hydrogens (primary N) is 1. The predicted molar refractivity (Wildman–Crippen MR) is 110 cm³/mol. The summed E-state index contributed by atoms with van der Waals surface area (Å²) in [6.07, 6.45) is -1.34. The van der Waals surface area contributed by atoms with Gasteiger partial charge in [-0.1, -0.05) is 13.8 Å². The highest BCUT2D eigenvalue weighted by Gasteiger charge is 2.48. The molecule has 0 aromatic carbocycles. The van der Waals surface area contributed by atoms with Gasteiger partial charge in [-0.05, 0) is 44.3 Å². The van der Waals surface area contributed by atoms with Crippen molar-refractivity contribution >= 4 is 22.5 Å². The Labute approximate surface area is 162 Å². The number of nitrogen functional groups attached to an aromatic ring is 1. The van der Waals surface area contributed by atoms with Crippen LogP contribution in [0.15, 0.2) is 17.1 Å². The van der Waals surface area contributed by atoms with E-state index >= 15 is 0 Å². The van der Waals surface area contributed by atoms with E-state index in [4.69, 9.17) is 19.3 Å². The van der Waals surface area contributed by atoms with Gasteiger partial charge in [0, 0.05) is 6.20 Å². The Kier molecular flexibility index (Phi) is 7.03. The summed E-state index contributed by atoms with van der Waals surface area (Å²) in [6.45, 7) is 12.9. The lowest BCUT2D eigenvalue weighted by Gasteiger charge is -2.30. The first-order valence-corrected chi connectivity index (χ1v) is 15.7. The van der Waals surface area contributed by atoms with Crippen LogP contribution in [0.2, 0.25) is 38.3 Å². The minimum absolute atomic E-state index is 0.145. The Morgan fingerprint density at radius 2 is 1.89 bits per heavy atom. The minimum Gasteiger partial charge on any atom is -0.415 e. The second-order valence-corrected chi connectivity index (χ2v) is 17.2. The van der Waals surface area contributed by atoms with Crippen molar-refractivity contribution in [2.45, 2.75) is 76.7 Å². The molecule has 1 aromatic rings. The number of hydrogen-bond donors (Lipinski definition) is 2. The van der Waals surface area contributed by atoms with E-state index in [9.17, 15) is 9.90 Å². The monoisotopic (exact) mass is 415 g/mol. The molecule has 0 aliphatic carbocycles. The minimum atomic E-state index is -2.02. The van der Waals surface area contributed by atoms with Gasteiger partial charge in [0.1, 0.15) is 24.1 Å². The van der Waals surface area contributed by atoms with Crippen LogP contribution in [0.1, 0.15) is 20.1 Å². The van der Waals surface area contributed by atoms with Gasteiger partial charge in [-0.2, -0.15) is 4.98 Å². The molecule has 1 aliphatic rings. The first kappa shape index (κ1) is 22.2. The molecule has 0 saturated carbocycles. The number of hydrogen-bond acceptors (Lipinski definition) is 7. The summed E-state index contributed by atoms with van der Waals surface area (Å²) in [5.41, 5.74) is 5.07. The molecule has 3 N–H and O–H groups in total. The van der Waals surface area contributed by atoms with Gasteiger partial charge < -0.3 is 24.4 Å². The summed E-state index contributed by atoms with van der Waals surface area (Å²) in [5, 5.41) is 10.9. The molecule has 2 heterocycles. The number of aliphatic hydroxyl groups is 1. The number of rotatable bonds is 8. The van der Waals surface area contributed by atoms with Crippen molar-refractivity contribution in [3.63, 3.8) is 0 Å². The summed E-state index contributed by atoms with van der Waals surface area (Å²) in [7, 11) is -3.81. The number of nitrogens with zero attached hydrogens (tertiary/aromatic N) is 2. The third-order valence-electron chi connectivity index (χ3n) is 5.23. The number of aliphatic hydroxyl groups excluding tert-OH is 1. The maximum absolute atomic E-state index is 12.3. The van der Waals surface area contributed by atoms with Crippen LogP contribution in [0, 0.1) is 0 Å². The van der Waals surface area contributed by atoms with E-state index in [1.807, 2.05) is 0 Å². The maximum atomic E-state index is 12.3. The van der Waals surface area contributed by atoms with Crippen LogP contribution in [0.5, 0.6) is 0 Å². The second-order valence-electron chi connectivity index (χ2n) is 8.22. The highest BCUT2D eigenvalue weighted by atomic mass is 28.4. The van der Waals surface area contributed by atoms with Crippen LogP contribution < -0.4 is 11.4 Å². The average Bonchev–Trinajstić information content (AvgIpc) is 2.89. The molecule has 27 heavy (non-hydrogen) atoms. The Bertz CT molecular complexity index is 697. The van der Waals surface area contributed by atoms with Gasteiger partial charge in [-0.3, -0.25) is 4.57 Å². The zero-order chi connectivity index (χ0) is 20.4. The summed E-state index contributed by atoms with van der Waals surface area (Å²) < 4.78 is 19.7. The van der Waals surface area contributed by atoms with Crippen molar-refractivity contribution in [2.75, 3.05) is 12.3 Å². The van der Waals surface area contributed by atoms with Gasteiger partial charge in [0.2, 0.25) is 0 Å². The first-order chi connectivity index (χ1) is 12.5. The van der Waals surface area contributed by atoms with Gasteiger partial charge >= 0.3 is 5.69 Å². The van der Waals surface area contributed by atoms with Crippen molar-refractivity contribution in [1.82, 2.24) is 9.55 Å². The van der Waals surface area contributed by atoms with Gasteiger partial charge in [-0.15, -0.1) is 0 Å². The van der Waals surface area contributed by atoms with Gasteiger partial charge in [0.05, 0.1) is 6.61 Å². The van der Waals surface area contributed by atoms with Crippen molar-refractivity contribution in [2.24, 2.45) is 0 Å². The molecule has 154 valence electrons. The Balaban J connectivity index is 2.29. The SMILES string of the molecule is CC[Si](C)(C)OCC1OC(n2ccc(N)nc2=O)C(O[Si](C)(C)CC)C1O. The molecule has 1 aliphatic heterocycles. The Hall–Kier alpha value is -1.05. The Morgan fingerprint density at radius 1 is 1.26 bits per heavy atom. The number of ether oxygens (including phenoxy) is 1. The van der Waals surface area contributed by atoms with Gasteiger partial charge in [-0.25, -0.2) is 4.79 Å². The van der Waals surface area contributed by atoms with Crippen LogP contribution in [0.3, 0.4) is 0 Å². The summed E-state index contributed by atoms with van der Waals surface area (Å²) >= 11 is 0. The normalized spacial score (nSPS) is 26.5. The topological polar surface area (TPSA) is 109 Å². The first-order valence-electron chi connectivity index (χ1n) is 9.49. The molecular weight excluding hydrogens is 382 g/mol. The lowest BCUT2D eigenvalue weighted by Crippen LogP contribution is -2.45. The lowest BCUT2D eigenvalue weighted by atomic mass is 10.1. The van der Waals surface area contributed by atoms with Crippen molar-refractivity contribution in [3.05, 3.63) is 22.7 Å². The molecule has 0 spiro atoms. The van der Waals surface area contributed by atoms with Gasteiger partial charge in [0.25, 0.3) is 0 Å². The highest BCUT2D eigenvalue weighted by molar-refractivity contribution is 6.71. The number of aromatic nitrogens is 2. The van der Waals surface area contributed by atoms with E-state index in [0.717, 1.165) is 12.1 Å². The molecule has 10 heteroatoms. The van der Waals surface area contributed by atoms with Crippen molar-refractivity contribution in [1.29, 1.82) is 0 Å². The number of anilines is 1. The molecule has 0 amide bonds. The quantitative estimate of drug-likeness (QED) is 0.624. The lowest BCUT2D eigenvalue weighted by molar-refractivity contribution is -0.0504. The fraction of sp³-hybridized carbons (Fsp3) is 0.765. The zero-order valence-corrected chi connectivity index (χ0v) is 19.1. The van der Waals surface area contributed by atoms with E-state index in [2.05, 4.69) is 45.0 Å². The zero-order valence-electron chi connectivity index (χ0n) is 17.1. The molecule has 1 fully saturated rings. The molecule has 4 unspecified atom stereocenters. The predicted octanol–water partition coefficient (Wildman–Crippen LogP) is 1.94. The van der Waals surface area contributed by atoms with Crippen LogP contribution >= 0.6 is 0 Å². The fourth-order valence-electron chi connectivity index (χ4n) is 2.69. The Morgan fingerprint density at radius 3 is 2.44 bits per heavy atom. The summed E-state index contributed by atoms with van der Waals surface area (Å²) in [5.74, 6) is 0.145.